The average molecular weight is 209 g/mol. The van der Waals surface area contributed by atoms with Gasteiger partial charge in [0.15, 0.2) is 11.5 Å². The summed E-state index contributed by atoms with van der Waals surface area (Å²) >= 11 is 0. The molecule has 0 amide bonds. The molecule has 0 spiro atoms. The van der Waals surface area contributed by atoms with Gasteiger partial charge >= 0.3 is 0 Å². The first kappa shape index (κ1) is 11.9. The van der Waals surface area contributed by atoms with E-state index in [4.69, 9.17) is 15.2 Å². The van der Waals surface area contributed by atoms with Crippen LogP contribution in [0.5, 0.6) is 11.5 Å². The van der Waals surface area contributed by atoms with E-state index in [0.29, 0.717) is 0 Å². The largest absolute Gasteiger partial charge is 0.493 e. The van der Waals surface area contributed by atoms with Crippen molar-refractivity contribution in [1.29, 1.82) is 0 Å². The van der Waals surface area contributed by atoms with E-state index in [1.165, 1.54) is 0 Å². The van der Waals surface area contributed by atoms with Crippen molar-refractivity contribution in [3.05, 3.63) is 23.8 Å². The molecule has 0 heterocycles. The number of benzene rings is 1. The van der Waals surface area contributed by atoms with E-state index in [2.05, 4.69) is 6.92 Å². The van der Waals surface area contributed by atoms with E-state index in [0.717, 1.165) is 29.9 Å². The van der Waals surface area contributed by atoms with Gasteiger partial charge in [0.2, 0.25) is 0 Å². The first-order chi connectivity index (χ1) is 7.22. The van der Waals surface area contributed by atoms with Gasteiger partial charge in [-0.25, -0.2) is 0 Å². The molecule has 0 saturated carbocycles. The van der Waals surface area contributed by atoms with E-state index in [1.807, 2.05) is 18.2 Å². The molecule has 0 fully saturated rings. The molecular formula is C12H19NO2. The number of methoxy groups -OCH3 is 2. The molecule has 0 aromatic heterocycles. The van der Waals surface area contributed by atoms with Gasteiger partial charge in [-0.2, -0.15) is 0 Å². The van der Waals surface area contributed by atoms with Crippen LogP contribution in [-0.2, 0) is 0 Å². The Balaban J connectivity index is 2.92. The van der Waals surface area contributed by atoms with Gasteiger partial charge in [-0.3, -0.25) is 0 Å². The highest BCUT2D eigenvalue weighted by atomic mass is 16.5. The fourth-order valence-electron chi connectivity index (χ4n) is 1.56. The topological polar surface area (TPSA) is 44.5 Å². The highest BCUT2D eigenvalue weighted by molar-refractivity contribution is 5.43. The van der Waals surface area contributed by atoms with Gasteiger partial charge in [-0.1, -0.05) is 19.4 Å². The summed E-state index contributed by atoms with van der Waals surface area (Å²) in [4.78, 5) is 0. The molecule has 84 valence electrons. The third kappa shape index (κ3) is 2.86. The number of ether oxygens (including phenoxy) is 2. The van der Waals surface area contributed by atoms with Gasteiger partial charge in [0, 0.05) is 6.04 Å². The predicted octanol–water partition coefficient (Wildman–Crippen LogP) is 2.50. The van der Waals surface area contributed by atoms with Crippen LogP contribution in [0.3, 0.4) is 0 Å². The Morgan fingerprint density at radius 2 is 1.87 bits per heavy atom. The van der Waals surface area contributed by atoms with Gasteiger partial charge in [0.05, 0.1) is 14.2 Å². The maximum atomic E-state index is 6.02. The normalized spacial score (nSPS) is 12.3. The number of hydrogen-bond acceptors (Lipinski definition) is 3. The van der Waals surface area contributed by atoms with Crippen LogP contribution in [-0.4, -0.2) is 14.2 Å². The molecule has 0 aliphatic rings. The van der Waals surface area contributed by atoms with Crippen LogP contribution >= 0.6 is 0 Å². The summed E-state index contributed by atoms with van der Waals surface area (Å²) in [5.41, 5.74) is 7.12. The average Bonchev–Trinajstić information content (AvgIpc) is 2.28. The quantitative estimate of drug-likeness (QED) is 0.810. The summed E-state index contributed by atoms with van der Waals surface area (Å²) in [6.45, 7) is 2.13. The maximum absolute atomic E-state index is 6.02. The van der Waals surface area contributed by atoms with E-state index in [-0.39, 0.29) is 6.04 Å². The molecule has 3 nitrogen and oxygen atoms in total. The van der Waals surface area contributed by atoms with Crippen LogP contribution in [0.4, 0.5) is 0 Å². The van der Waals surface area contributed by atoms with Crippen molar-refractivity contribution in [3.63, 3.8) is 0 Å². The molecule has 0 bridgehead atoms. The minimum Gasteiger partial charge on any atom is -0.493 e. The Morgan fingerprint density at radius 3 is 2.40 bits per heavy atom. The summed E-state index contributed by atoms with van der Waals surface area (Å²) in [6.07, 6.45) is 2.06. The lowest BCUT2D eigenvalue weighted by atomic mass is 10.0. The Bertz CT molecular complexity index is 312. The van der Waals surface area contributed by atoms with Crippen molar-refractivity contribution in [1.82, 2.24) is 0 Å². The molecule has 0 radical (unpaired) electrons. The third-order valence-corrected chi connectivity index (χ3v) is 2.44. The SMILES string of the molecule is CCCC(N)c1ccc(OC)c(OC)c1. The van der Waals surface area contributed by atoms with E-state index >= 15 is 0 Å². The molecule has 0 aliphatic heterocycles. The Labute approximate surface area is 91.2 Å². The lowest BCUT2D eigenvalue weighted by molar-refractivity contribution is 0.354. The Kier molecular flexibility index (Phi) is 4.43. The molecule has 15 heavy (non-hydrogen) atoms. The van der Waals surface area contributed by atoms with Gasteiger partial charge in [0.1, 0.15) is 0 Å². The van der Waals surface area contributed by atoms with Crippen molar-refractivity contribution in [2.45, 2.75) is 25.8 Å². The highest BCUT2D eigenvalue weighted by Crippen LogP contribution is 2.30. The second-order valence-corrected chi connectivity index (χ2v) is 3.51. The van der Waals surface area contributed by atoms with Crippen LogP contribution in [0.25, 0.3) is 0 Å². The van der Waals surface area contributed by atoms with E-state index in [1.54, 1.807) is 14.2 Å². The minimum atomic E-state index is 0.0785. The first-order valence-corrected chi connectivity index (χ1v) is 5.20. The zero-order chi connectivity index (χ0) is 11.3. The molecule has 1 rings (SSSR count). The minimum absolute atomic E-state index is 0.0785. The molecule has 2 N–H and O–H groups in total. The summed E-state index contributed by atoms with van der Waals surface area (Å²) in [5.74, 6) is 1.48. The smallest absolute Gasteiger partial charge is 0.161 e. The molecule has 1 aromatic rings. The fourth-order valence-corrected chi connectivity index (χ4v) is 1.56. The number of hydrogen-bond donors (Lipinski definition) is 1. The van der Waals surface area contributed by atoms with Gasteiger partial charge in [-0.15, -0.1) is 0 Å². The number of nitrogens with two attached hydrogens (primary N) is 1. The van der Waals surface area contributed by atoms with Gasteiger partial charge < -0.3 is 15.2 Å². The van der Waals surface area contributed by atoms with Crippen LogP contribution in [0.15, 0.2) is 18.2 Å². The fraction of sp³-hybridized carbons (Fsp3) is 0.500. The molecule has 1 atom stereocenters. The lowest BCUT2D eigenvalue weighted by Crippen LogP contribution is -2.09. The van der Waals surface area contributed by atoms with Crippen molar-refractivity contribution >= 4 is 0 Å². The third-order valence-electron chi connectivity index (χ3n) is 2.44. The summed E-state index contributed by atoms with van der Waals surface area (Å²) in [5, 5.41) is 0. The van der Waals surface area contributed by atoms with Crippen LogP contribution < -0.4 is 15.2 Å². The van der Waals surface area contributed by atoms with Crippen molar-refractivity contribution in [2.75, 3.05) is 14.2 Å². The van der Waals surface area contributed by atoms with Crippen molar-refractivity contribution < 1.29 is 9.47 Å². The molecule has 3 heteroatoms. The lowest BCUT2D eigenvalue weighted by Gasteiger charge is -2.14. The number of rotatable bonds is 5. The van der Waals surface area contributed by atoms with Crippen molar-refractivity contribution in [3.8, 4) is 11.5 Å². The van der Waals surface area contributed by atoms with Gasteiger partial charge in [-0.05, 0) is 24.1 Å². The Morgan fingerprint density at radius 1 is 1.20 bits per heavy atom. The van der Waals surface area contributed by atoms with Crippen LogP contribution in [0.1, 0.15) is 31.4 Å². The van der Waals surface area contributed by atoms with Crippen LogP contribution in [0.2, 0.25) is 0 Å². The predicted molar refractivity (Wildman–Crippen MR) is 61.4 cm³/mol. The zero-order valence-corrected chi connectivity index (χ0v) is 9.62. The molecule has 0 saturated heterocycles. The second kappa shape index (κ2) is 5.61. The second-order valence-electron chi connectivity index (χ2n) is 3.51. The Hall–Kier alpha value is -1.22. The van der Waals surface area contributed by atoms with Gasteiger partial charge in [0.25, 0.3) is 0 Å². The maximum Gasteiger partial charge on any atom is 0.161 e. The molecule has 1 aromatic carbocycles. The molecule has 1 unspecified atom stereocenters. The summed E-state index contributed by atoms with van der Waals surface area (Å²) in [7, 11) is 3.26. The van der Waals surface area contributed by atoms with Crippen molar-refractivity contribution in [2.24, 2.45) is 5.73 Å². The summed E-state index contributed by atoms with van der Waals surface area (Å²) < 4.78 is 10.4. The highest BCUT2D eigenvalue weighted by Gasteiger charge is 2.09. The standard InChI is InChI=1S/C12H19NO2/c1-4-5-10(13)9-6-7-11(14-2)12(8-9)15-3/h6-8,10H,4-5,13H2,1-3H3. The molecular weight excluding hydrogens is 190 g/mol. The zero-order valence-electron chi connectivity index (χ0n) is 9.62. The first-order valence-electron chi connectivity index (χ1n) is 5.20. The monoisotopic (exact) mass is 209 g/mol. The van der Waals surface area contributed by atoms with Crippen LogP contribution in [0, 0.1) is 0 Å². The summed E-state index contributed by atoms with van der Waals surface area (Å²) in [6, 6.07) is 5.90. The van der Waals surface area contributed by atoms with E-state index in [9.17, 15) is 0 Å². The molecule has 0 aliphatic carbocycles. The van der Waals surface area contributed by atoms with E-state index < -0.39 is 0 Å².